The number of carbonyl (C=O) groups excluding carboxylic acids is 3. The van der Waals surface area contributed by atoms with Gasteiger partial charge in [-0.1, -0.05) is 32.3 Å². The van der Waals surface area contributed by atoms with E-state index in [0.717, 1.165) is 25.7 Å². The quantitative estimate of drug-likeness (QED) is 0.627. The zero-order valence-electron chi connectivity index (χ0n) is 23.4. The summed E-state index contributed by atoms with van der Waals surface area (Å²) in [6.45, 7) is 5.16. The van der Waals surface area contributed by atoms with Crippen molar-refractivity contribution in [2.45, 2.75) is 58.1 Å². The van der Waals surface area contributed by atoms with Gasteiger partial charge in [0.25, 0.3) is 11.8 Å². The fourth-order valence-electron chi connectivity index (χ4n) is 5.43. The van der Waals surface area contributed by atoms with E-state index in [1.54, 1.807) is 61.7 Å². The minimum absolute atomic E-state index is 0.0170. The molecule has 0 spiro atoms. The van der Waals surface area contributed by atoms with Crippen LogP contribution in [0.5, 0.6) is 5.75 Å². The Labute approximate surface area is 230 Å². The number of benzene rings is 1. The largest absolute Gasteiger partial charge is 0.491 e. The second-order valence-electron chi connectivity index (χ2n) is 10.8. The van der Waals surface area contributed by atoms with Gasteiger partial charge in [0.15, 0.2) is 0 Å². The molecular weight excluding hydrogens is 496 g/mol. The van der Waals surface area contributed by atoms with Gasteiger partial charge in [-0.15, -0.1) is 0 Å². The Bertz CT molecular complexity index is 1150. The molecule has 39 heavy (non-hydrogen) atoms. The molecule has 1 saturated carbocycles. The van der Waals surface area contributed by atoms with Gasteiger partial charge in [0.1, 0.15) is 18.1 Å². The summed E-state index contributed by atoms with van der Waals surface area (Å²) in [7, 11) is 3.39. The van der Waals surface area contributed by atoms with Gasteiger partial charge in [0.05, 0.1) is 17.7 Å². The van der Waals surface area contributed by atoms with Gasteiger partial charge >= 0.3 is 0 Å². The summed E-state index contributed by atoms with van der Waals surface area (Å²) in [4.78, 5) is 47.5. The van der Waals surface area contributed by atoms with Crippen LogP contribution in [0.15, 0.2) is 42.6 Å². The van der Waals surface area contributed by atoms with Crippen LogP contribution in [0.25, 0.3) is 0 Å². The van der Waals surface area contributed by atoms with E-state index in [4.69, 9.17) is 9.47 Å². The molecule has 0 saturated heterocycles. The van der Waals surface area contributed by atoms with Crippen LogP contribution in [0.4, 0.5) is 5.69 Å². The fraction of sp³-hybridized carbons (Fsp3) is 0.533. The molecule has 0 unspecified atom stereocenters. The summed E-state index contributed by atoms with van der Waals surface area (Å²) in [6, 6.07) is 9.90. The Morgan fingerprint density at radius 1 is 1.08 bits per heavy atom. The standard InChI is InChI=1S/C30H40N4O5/c1-20-17-34(29(36)22-10-6-5-7-11-22)21(2)19-39-26-16-23(32-28(35)25-12-8-9-15-31-25)13-14-24(26)30(37)33(3)18-27(20)38-4/h8-9,12-16,20-22,27H,5-7,10-11,17-19H2,1-4H3,(H,32,35)/t20-,21-,27-/m1/s1. The van der Waals surface area contributed by atoms with Gasteiger partial charge in [0.2, 0.25) is 5.91 Å². The van der Waals surface area contributed by atoms with Crippen LogP contribution in [0.2, 0.25) is 0 Å². The number of likely N-dealkylation sites (N-methyl/N-ethyl adjacent to an activating group) is 1. The number of pyridine rings is 1. The normalized spacial score (nSPS) is 23.2. The molecule has 2 aliphatic rings. The third-order valence-corrected chi connectivity index (χ3v) is 7.84. The number of methoxy groups -OCH3 is 1. The van der Waals surface area contributed by atoms with Crippen LogP contribution in [0, 0.1) is 11.8 Å². The van der Waals surface area contributed by atoms with Crippen molar-refractivity contribution in [1.29, 1.82) is 0 Å². The highest BCUT2D eigenvalue weighted by atomic mass is 16.5. The lowest BCUT2D eigenvalue weighted by molar-refractivity contribution is -0.141. The molecule has 2 aromatic rings. The highest BCUT2D eigenvalue weighted by Crippen LogP contribution is 2.29. The number of hydrogen-bond donors (Lipinski definition) is 1. The summed E-state index contributed by atoms with van der Waals surface area (Å²) in [5.41, 5.74) is 1.15. The van der Waals surface area contributed by atoms with Gasteiger partial charge in [-0.05, 0) is 44.0 Å². The second-order valence-corrected chi connectivity index (χ2v) is 10.8. The minimum atomic E-state index is -0.360. The van der Waals surface area contributed by atoms with Crippen molar-refractivity contribution >= 4 is 23.4 Å². The fourth-order valence-corrected chi connectivity index (χ4v) is 5.43. The van der Waals surface area contributed by atoms with Gasteiger partial charge in [-0.3, -0.25) is 19.4 Å². The number of aromatic nitrogens is 1. The average Bonchev–Trinajstić information content (AvgIpc) is 2.97. The summed E-state index contributed by atoms with van der Waals surface area (Å²) < 4.78 is 12.0. The maximum absolute atomic E-state index is 13.7. The zero-order valence-corrected chi connectivity index (χ0v) is 23.4. The van der Waals surface area contributed by atoms with Crippen molar-refractivity contribution < 1.29 is 23.9 Å². The zero-order chi connectivity index (χ0) is 27.9. The predicted molar refractivity (Wildman–Crippen MR) is 149 cm³/mol. The van der Waals surface area contributed by atoms with Crippen LogP contribution in [-0.4, -0.2) is 78.5 Å². The lowest BCUT2D eigenvalue weighted by atomic mass is 9.87. The lowest BCUT2D eigenvalue weighted by Crippen LogP contribution is -2.50. The molecular formula is C30H40N4O5. The van der Waals surface area contributed by atoms with Crippen LogP contribution < -0.4 is 10.1 Å². The summed E-state index contributed by atoms with van der Waals surface area (Å²) in [5, 5.41) is 2.83. The molecule has 9 nitrogen and oxygen atoms in total. The van der Waals surface area contributed by atoms with Crippen molar-refractivity contribution in [3.05, 3.63) is 53.9 Å². The third-order valence-electron chi connectivity index (χ3n) is 7.84. The average molecular weight is 537 g/mol. The smallest absolute Gasteiger partial charge is 0.274 e. The Balaban J connectivity index is 1.63. The SMILES string of the molecule is CO[C@@H]1CN(C)C(=O)c2ccc(NC(=O)c3ccccn3)cc2OC[C@@H](C)N(C(=O)C2CCCCC2)C[C@H]1C. The third kappa shape index (κ3) is 6.95. The number of fused-ring (bicyclic) bond motifs is 1. The first-order valence-corrected chi connectivity index (χ1v) is 13.9. The Morgan fingerprint density at radius 3 is 2.54 bits per heavy atom. The number of rotatable bonds is 4. The number of amides is 3. The molecule has 4 rings (SSSR count). The maximum atomic E-state index is 13.7. The monoisotopic (exact) mass is 536 g/mol. The first-order valence-electron chi connectivity index (χ1n) is 13.9. The molecule has 3 atom stereocenters. The van der Waals surface area contributed by atoms with Gasteiger partial charge < -0.3 is 24.6 Å². The number of hydrogen-bond acceptors (Lipinski definition) is 6. The van der Waals surface area contributed by atoms with Crippen LogP contribution in [-0.2, 0) is 9.53 Å². The van der Waals surface area contributed by atoms with E-state index >= 15 is 0 Å². The van der Waals surface area contributed by atoms with Crippen molar-refractivity contribution in [3.63, 3.8) is 0 Å². The molecule has 1 N–H and O–H groups in total. The molecule has 1 fully saturated rings. The number of nitrogens with one attached hydrogen (secondary N) is 1. The Morgan fingerprint density at radius 2 is 1.85 bits per heavy atom. The molecule has 1 aromatic heterocycles. The first-order chi connectivity index (χ1) is 18.8. The Hall–Kier alpha value is -3.46. The first kappa shape index (κ1) is 28.5. The maximum Gasteiger partial charge on any atom is 0.274 e. The van der Waals surface area contributed by atoms with E-state index in [1.165, 1.54) is 6.42 Å². The van der Waals surface area contributed by atoms with Crippen LogP contribution in [0.1, 0.15) is 66.8 Å². The molecule has 1 aliphatic heterocycles. The molecule has 2 heterocycles. The van der Waals surface area contributed by atoms with Gasteiger partial charge in [-0.2, -0.15) is 0 Å². The summed E-state index contributed by atoms with van der Waals surface area (Å²) in [6.07, 6.45) is 6.50. The highest BCUT2D eigenvalue weighted by Gasteiger charge is 2.33. The van der Waals surface area contributed by atoms with Crippen molar-refractivity contribution in [3.8, 4) is 5.75 Å². The van der Waals surface area contributed by atoms with Crippen LogP contribution >= 0.6 is 0 Å². The van der Waals surface area contributed by atoms with E-state index < -0.39 is 0 Å². The minimum Gasteiger partial charge on any atom is -0.491 e. The molecule has 0 bridgehead atoms. The summed E-state index contributed by atoms with van der Waals surface area (Å²) in [5.74, 6) is 0.0123. The van der Waals surface area contributed by atoms with Crippen molar-refractivity contribution in [1.82, 2.24) is 14.8 Å². The number of ether oxygens (including phenoxy) is 2. The highest BCUT2D eigenvalue weighted by molar-refractivity contribution is 6.03. The van der Waals surface area contributed by atoms with E-state index in [-0.39, 0.29) is 54.0 Å². The summed E-state index contributed by atoms with van der Waals surface area (Å²) >= 11 is 0. The molecule has 1 aliphatic carbocycles. The van der Waals surface area contributed by atoms with Gasteiger partial charge in [0, 0.05) is 57.0 Å². The van der Waals surface area contributed by atoms with E-state index in [1.807, 2.05) is 11.8 Å². The Kier molecular flexibility index (Phi) is 9.56. The second kappa shape index (κ2) is 13.1. The molecule has 1 aromatic carbocycles. The topological polar surface area (TPSA) is 101 Å². The predicted octanol–water partition coefficient (Wildman–Crippen LogP) is 4.25. The molecule has 0 radical (unpaired) electrons. The molecule has 3 amide bonds. The molecule has 210 valence electrons. The van der Waals surface area contributed by atoms with E-state index in [9.17, 15) is 14.4 Å². The van der Waals surface area contributed by atoms with Crippen LogP contribution in [0.3, 0.4) is 0 Å². The van der Waals surface area contributed by atoms with E-state index in [0.29, 0.717) is 30.1 Å². The number of nitrogens with zero attached hydrogens (tertiary/aromatic N) is 3. The molecule has 9 heteroatoms. The number of carbonyl (C=O) groups is 3. The van der Waals surface area contributed by atoms with E-state index in [2.05, 4.69) is 17.2 Å². The van der Waals surface area contributed by atoms with Crippen molar-refractivity contribution in [2.75, 3.05) is 39.2 Å². The lowest BCUT2D eigenvalue weighted by Gasteiger charge is -2.38. The van der Waals surface area contributed by atoms with Gasteiger partial charge in [-0.25, -0.2) is 0 Å². The van der Waals surface area contributed by atoms with Crippen molar-refractivity contribution in [2.24, 2.45) is 11.8 Å². The number of anilines is 1.